The zero-order chi connectivity index (χ0) is 21.0. The van der Waals surface area contributed by atoms with Crippen LogP contribution in [0.15, 0.2) is 59.4 Å². The largest absolute Gasteiger partial charge is 0.457 e. The number of hydrogen-bond donors (Lipinski definition) is 1. The Kier molecular flexibility index (Phi) is 5.94. The summed E-state index contributed by atoms with van der Waals surface area (Å²) in [5, 5.41) is 0.462. The fourth-order valence-corrected chi connectivity index (χ4v) is 2.63. The smallest absolute Gasteiger partial charge is 0.348 e. The second-order valence-electron chi connectivity index (χ2n) is 5.95. The van der Waals surface area contributed by atoms with Gasteiger partial charge in [-0.25, -0.2) is 14.6 Å². The van der Waals surface area contributed by atoms with Crippen LogP contribution in [0.2, 0.25) is 5.02 Å². The van der Waals surface area contributed by atoms with Crippen LogP contribution in [0.3, 0.4) is 0 Å². The molecule has 0 fully saturated rings. The minimum absolute atomic E-state index is 0.0565. The number of halogens is 1. The maximum absolute atomic E-state index is 12.9. The number of aromatic nitrogens is 2. The standard InChI is InChI=1S/C20H16ClN3O5/c1-12(25)29-24-18(14-7-9-15(21)10-8-14)23-17(22)16(19(24)26)20(27)28-11-13-5-3-2-4-6-13/h2-10H,11,22H2,1H3. The van der Waals surface area contributed by atoms with E-state index in [0.29, 0.717) is 15.3 Å². The molecule has 3 rings (SSSR count). The van der Waals surface area contributed by atoms with E-state index in [9.17, 15) is 14.4 Å². The number of hydrogen-bond acceptors (Lipinski definition) is 7. The van der Waals surface area contributed by atoms with Gasteiger partial charge < -0.3 is 15.3 Å². The van der Waals surface area contributed by atoms with Crippen LogP contribution in [0.5, 0.6) is 0 Å². The van der Waals surface area contributed by atoms with Crippen molar-refractivity contribution in [3.05, 3.63) is 81.1 Å². The van der Waals surface area contributed by atoms with E-state index in [2.05, 4.69) is 4.98 Å². The Morgan fingerprint density at radius 2 is 1.76 bits per heavy atom. The van der Waals surface area contributed by atoms with Crippen molar-refractivity contribution in [3.8, 4) is 11.4 Å². The van der Waals surface area contributed by atoms with Gasteiger partial charge in [0.25, 0.3) is 0 Å². The second kappa shape index (κ2) is 8.57. The van der Waals surface area contributed by atoms with Crippen LogP contribution in [-0.2, 0) is 16.1 Å². The first-order valence-electron chi connectivity index (χ1n) is 8.45. The Balaban J connectivity index is 2.02. The molecule has 0 spiro atoms. The Morgan fingerprint density at radius 1 is 1.10 bits per heavy atom. The van der Waals surface area contributed by atoms with Crippen LogP contribution in [0.4, 0.5) is 5.82 Å². The average molecular weight is 414 g/mol. The summed E-state index contributed by atoms with van der Waals surface area (Å²) in [5.41, 5.74) is 5.51. The van der Waals surface area contributed by atoms with E-state index < -0.39 is 23.1 Å². The summed E-state index contributed by atoms with van der Waals surface area (Å²) >= 11 is 5.88. The monoisotopic (exact) mass is 413 g/mol. The molecule has 0 atom stereocenters. The lowest BCUT2D eigenvalue weighted by atomic mass is 10.2. The number of rotatable bonds is 5. The molecular formula is C20H16ClN3O5. The Morgan fingerprint density at radius 3 is 2.38 bits per heavy atom. The predicted molar refractivity (Wildman–Crippen MR) is 106 cm³/mol. The molecule has 1 heterocycles. The summed E-state index contributed by atoms with van der Waals surface area (Å²) in [5.74, 6) is -2.16. The highest BCUT2D eigenvalue weighted by Crippen LogP contribution is 2.21. The summed E-state index contributed by atoms with van der Waals surface area (Å²) in [6.07, 6.45) is 0. The molecule has 0 unspecified atom stereocenters. The number of benzene rings is 2. The first kappa shape index (κ1) is 20.1. The van der Waals surface area contributed by atoms with Gasteiger partial charge in [0.15, 0.2) is 11.4 Å². The van der Waals surface area contributed by atoms with Crippen molar-refractivity contribution >= 4 is 29.4 Å². The minimum atomic E-state index is -0.979. The number of carbonyl (C=O) groups is 2. The zero-order valence-electron chi connectivity index (χ0n) is 15.3. The van der Waals surface area contributed by atoms with Gasteiger partial charge in [0.2, 0.25) is 0 Å². The molecule has 0 aliphatic carbocycles. The van der Waals surface area contributed by atoms with Gasteiger partial charge in [-0.15, -0.1) is 4.73 Å². The van der Waals surface area contributed by atoms with E-state index in [1.807, 2.05) is 6.07 Å². The predicted octanol–water partition coefficient (Wildman–Crippen LogP) is 2.48. The van der Waals surface area contributed by atoms with Crippen molar-refractivity contribution < 1.29 is 19.2 Å². The minimum Gasteiger partial charge on any atom is -0.457 e. The van der Waals surface area contributed by atoms with Gasteiger partial charge in [0.1, 0.15) is 12.4 Å². The molecule has 9 heteroatoms. The van der Waals surface area contributed by atoms with Crippen LogP contribution < -0.4 is 16.1 Å². The summed E-state index contributed by atoms with van der Waals surface area (Å²) in [4.78, 5) is 45.9. The van der Waals surface area contributed by atoms with Crippen molar-refractivity contribution in [2.45, 2.75) is 13.5 Å². The number of ether oxygens (including phenoxy) is 1. The fraction of sp³-hybridized carbons (Fsp3) is 0.100. The molecule has 0 aliphatic heterocycles. The molecular weight excluding hydrogens is 398 g/mol. The number of esters is 1. The van der Waals surface area contributed by atoms with Gasteiger partial charge >= 0.3 is 17.5 Å². The van der Waals surface area contributed by atoms with Crippen molar-refractivity contribution in [2.75, 3.05) is 5.73 Å². The van der Waals surface area contributed by atoms with Crippen molar-refractivity contribution in [1.29, 1.82) is 0 Å². The quantitative estimate of drug-likeness (QED) is 0.639. The summed E-state index contributed by atoms with van der Waals surface area (Å²) in [7, 11) is 0. The van der Waals surface area contributed by atoms with Crippen molar-refractivity contribution in [2.24, 2.45) is 0 Å². The van der Waals surface area contributed by atoms with Crippen LogP contribution >= 0.6 is 11.6 Å². The van der Waals surface area contributed by atoms with Gasteiger partial charge in [-0.2, -0.15) is 0 Å². The molecule has 1 aromatic heterocycles. The Hall–Kier alpha value is -3.65. The number of nitrogen functional groups attached to an aromatic ring is 1. The topological polar surface area (TPSA) is 114 Å². The molecule has 0 aliphatic rings. The normalized spacial score (nSPS) is 10.4. The SMILES string of the molecule is CC(=O)On1c(-c2ccc(Cl)cc2)nc(N)c(C(=O)OCc2ccccc2)c1=O. The molecule has 0 radical (unpaired) electrons. The van der Waals surface area contributed by atoms with Gasteiger partial charge in [-0.3, -0.25) is 4.79 Å². The van der Waals surface area contributed by atoms with Crippen LogP contribution in [0.25, 0.3) is 11.4 Å². The Labute approximate surface area is 170 Å². The van der Waals surface area contributed by atoms with E-state index in [1.54, 1.807) is 48.5 Å². The number of nitrogens with two attached hydrogens (primary N) is 1. The second-order valence-corrected chi connectivity index (χ2v) is 6.38. The van der Waals surface area contributed by atoms with Crippen molar-refractivity contribution in [3.63, 3.8) is 0 Å². The molecule has 0 amide bonds. The first-order valence-corrected chi connectivity index (χ1v) is 8.83. The lowest BCUT2D eigenvalue weighted by Gasteiger charge is -2.14. The summed E-state index contributed by atoms with van der Waals surface area (Å²) < 4.78 is 5.78. The fourth-order valence-electron chi connectivity index (χ4n) is 2.50. The highest BCUT2D eigenvalue weighted by atomic mass is 35.5. The molecule has 3 aromatic rings. The summed E-state index contributed by atoms with van der Waals surface area (Å²) in [6.45, 7) is 1.05. The maximum Gasteiger partial charge on any atom is 0.348 e. The van der Waals surface area contributed by atoms with Gasteiger partial charge in [-0.1, -0.05) is 41.9 Å². The molecule has 0 saturated carbocycles. The summed E-state index contributed by atoms with van der Waals surface area (Å²) in [6, 6.07) is 15.2. The number of nitrogens with zero attached hydrogens (tertiary/aromatic N) is 2. The van der Waals surface area contributed by atoms with Gasteiger partial charge in [-0.05, 0) is 29.8 Å². The van der Waals surface area contributed by atoms with Crippen LogP contribution in [-0.4, -0.2) is 21.7 Å². The van der Waals surface area contributed by atoms with Gasteiger partial charge in [0.05, 0.1) is 0 Å². The molecule has 2 N–H and O–H groups in total. The van der Waals surface area contributed by atoms with E-state index >= 15 is 0 Å². The van der Waals surface area contributed by atoms with E-state index in [0.717, 1.165) is 12.5 Å². The maximum atomic E-state index is 12.9. The lowest BCUT2D eigenvalue weighted by Crippen LogP contribution is -2.36. The number of anilines is 1. The van der Waals surface area contributed by atoms with Gasteiger partial charge in [0, 0.05) is 17.5 Å². The van der Waals surface area contributed by atoms with E-state index in [4.69, 9.17) is 26.9 Å². The number of carbonyl (C=O) groups excluding carboxylic acids is 2. The molecule has 8 nitrogen and oxygen atoms in total. The molecule has 2 aromatic carbocycles. The molecule has 0 bridgehead atoms. The molecule has 148 valence electrons. The third-order valence-corrected chi connectivity index (χ3v) is 4.06. The van der Waals surface area contributed by atoms with Crippen molar-refractivity contribution in [1.82, 2.24) is 9.71 Å². The zero-order valence-corrected chi connectivity index (χ0v) is 16.1. The highest BCUT2D eigenvalue weighted by Gasteiger charge is 2.24. The van der Waals surface area contributed by atoms with Crippen LogP contribution in [0.1, 0.15) is 22.8 Å². The van der Waals surface area contributed by atoms with Crippen LogP contribution in [0, 0.1) is 0 Å². The Bertz CT molecular complexity index is 1110. The third kappa shape index (κ3) is 4.61. The van der Waals surface area contributed by atoms with E-state index in [1.165, 1.54) is 0 Å². The highest BCUT2D eigenvalue weighted by molar-refractivity contribution is 6.30. The average Bonchev–Trinajstić information content (AvgIpc) is 2.69. The third-order valence-electron chi connectivity index (χ3n) is 3.81. The first-order chi connectivity index (χ1) is 13.9. The molecule has 29 heavy (non-hydrogen) atoms. The molecule has 0 saturated heterocycles. The van der Waals surface area contributed by atoms with E-state index in [-0.39, 0.29) is 18.2 Å². The lowest BCUT2D eigenvalue weighted by molar-refractivity contribution is -0.141.